The predicted molar refractivity (Wildman–Crippen MR) is 73.7 cm³/mol. The Kier molecular flexibility index (Phi) is 4.14. The summed E-state index contributed by atoms with van der Waals surface area (Å²) in [5.41, 5.74) is 1.27. The summed E-state index contributed by atoms with van der Waals surface area (Å²) in [6, 6.07) is 7.06. The van der Waals surface area contributed by atoms with Gasteiger partial charge in [0.25, 0.3) is 0 Å². The van der Waals surface area contributed by atoms with E-state index < -0.39 is 0 Å². The molecule has 0 bridgehead atoms. The van der Waals surface area contributed by atoms with Gasteiger partial charge in [-0.15, -0.1) is 0 Å². The molecule has 0 radical (unpaired) electrons. The molecule has 3 heteroatoms. The Balaban J connectivity index is 1.78. The highest BCUT2D eigenvalue weighted by Gasteiger charge is 2.33. The highest BCUT2D eigenvalue weighted by Crippen LogP contribution is 2.38. The first-order chi connectivity index (χ1) is 9.34. The minimum atomic E-state index is -0.148. The summed E-state index contributed by atoms with van der Waals surface area (Å²) in [5, 5.41) is 3.48. The SMILES string of the molecule is Fc1ccc(C2CNCCC2C2CCCOC2)cc1. The van der Waals surface area contributed by atoms with E-state index in [0.717, 1.165) is 26.3 Å². The molecule has 2 saturated heterocycles. The number of hydrogen-bond acceptors (Lipinski definition) is 2. The largest absolute Gasteiger partial charge is 0.381 e. The quantitative estimate of drug-likeness (QED) is 0.886. The van der Waals surface area contributed by atoms with Crippen LogP contribution >= 0.6 is 0 Å². The Hall–Kier alpha value is -0.930. The van der Waals surface area contributed by atoms with E-state index in [1.54, 1.807) is 12.1 Å². The fraction of sp³-hybridized carbons (Fsp3) is 0.625. The van der Waals surface area contributed by atoms with Crippen LogP contribution in [-0.2, 0) is 4.74 Å². The van der Waals surface area contributed by atoms with Crippen molar-refractivity contribution in [1.29, 1.82) is 0 Å². The number of benzene rings is 1. The van der Waals surface area contributed by atoms with E-state index in [1.807, 2.05) is 12.1 Å². The maximum atomic E-state index is 13.1. The maximum absolute atomic E-state index is 13.1. The molecular formula is C16H22FNO. The third kappa shape index (κ3) is 2.98. The molecule has 1 N–H and O–H groups in total. The van der Waals surface area contributed by atoms with Gasteiger partial charge in [-0.25, -0.2) is 4.39 Å². The molecule has 2 aliphatic heterocycles. The average Bonchev–Trinajstić information content (AvgIpc) is 2.49. The molecule has 2 nitrogen and oxygen atoms in total. The lowest BCUT2D eigenvalue weighted by Gasteiger charge is -2.39. The van der Waals surface area contributed by atoms with Crippen LogP contribution in [0.2, 0.25) is 0 Å². The van der Waals surface area contributed by atoms with Gasteiger partial charge in [-0.2, -0.15) is 0 Å². The molecule has 104 valence electrons. The van der Waals surface area contributed by atoms with Gasteiger partial charge in [-0.05, 0) is 61.3 Å². The lowest BCUT2D eigenvalue weighted by atomic mass is 9.72. The lowest BCUT2D eigenvalue weighted by molar-refractivity contribution is 0.0185. The number of nitrogens with one attached hydrogen (secondary N) is 1. The zero-order chi connectivity index (χ0) is 13.1. The van der Waals surface area contributed by atoms with E-state index in [4.69, 9.17) is 4.74 Å². The minimum absolute atomic E-state index is 0.148. The summed E-state index contributed by atoms with van der Waals surface area (Å²) in [4.78, 5) is 0. The van der Waals surface area contributed by atoms with Crippen LogP contribution < -0.4 is 5.32 Å². The van der Waals surface area contributed by atoms with Gasteiger partial charge in [0.05, 0.1) is 0 Å². The average molecular weight is 263 g/mol. The number of ether oxygens (including phenoxy) is 1. The normalized spacial score (nSPS) is 32.2. The lowest BCUT2D eigenvalue weighted by Crippen LogP contribution is -2.40. The summed E-state index contributed by atoms with van der Waals surface area (Å²) in [7, 11) is 0. The fourth-order valence-corrected chi connectivity index (χ4v) is 3.62. The molecule has 2 aliphatic rings. The first kappa shape index (κ1) is 13.1. The minimum Gasteiger partial charge on any atom is -0.381 e. The standard InChI is InChI=1S/C16H22FNO/c17-14-5-3-12(4-6-14)16-10-18-8-7-15(16)13-2-1-9-19-11-13/h3-6,13,15-16,18H,1-2,7-11H2. The van der Waals surface area contributed by atoms with Crippen LogP contribution in [0.1, 0.15) is 30.7 Å². The van der Waals surface area contributed by atoms with Crippen molar-refractivity contribution in [2.24, 2.45) is 11.8 Å². The van der Waals surface area contributed by atoms with Crippen molar-refractivity contribution in [3.8, 4) is 0 Å². The number of hydrogen-bond donors (Lipinski definition) is 1. The molecule has 0 amide bonds. The zero-order valence-electron chi connectivity index (χ0n) is 11.3. The van der Waals surface area contributed by atoms with E-state index in [-0.39, 0.29) is 5.82 Å². The Bertz CT molecular complexity index is 400. The molecule has 0 spiro atoms. The maximum Gasteiger partial charge on any atom is 0.123 e. The van der Waals surface area contributed by atoms with Crippen LogP contribution in [0.3, 0.4) is 0 Å². The van der Waals surface area contributed by atoms with Gasteiger partial charge in [0.1, 0.15) is 5.82 Å². The van der Waals surface area contributed by atoms with Crippen LogP contribution in [0.25, 0.3) is 0 Å². The molecule has 0 aliphatic carbocycles. The Morgan fingerprint density at radius 3 is 2.74 bits per heavy atom. The Labute approximate surface area is 114 Å². The van der Waals surface area contributed by atoms with Gasteiger partial charge in [0, 0.05) is 19.8 Å². The third-order valence-electron chi connectivity index (χ3n) is 4.63. The van der Waals surface area contributed by atoms with Crippen molar-refractivity contribution in [3.05, 3.63) is 35.6 Å². The summed E-state index contributed by atoms with van der Waals surface area (Å²) in [5.74, 6) is 1.70. The highest BCUT2D eigenvalue weighted by atomic mass is 19.1. The summed E-state index contributed by atoms with van der Waals surface area (Å²) < 4.78 is 18.7. The molecule has 2 fully saturated rings. The Morgan fingerprint density at radius 2 is 2.00 bits per heavy atom. The van der Waals surface area contributed by atoms with E-state index in [2.05, 4.69) is 5.32 Å². The molecule has 3 rings (SSSR count). The second kappa shape index (κ2) is 6.02. The first-order valence-corrected chi connectivity index (χ1v) is 7.38. The third-order valence-corrected chi connectivity index (χ3v) is 4.63. The number of halogens is 1. The summed E-state index contributed by atoms with van der Waals surface area (Å²) in [6.07, 6.45) is 3.67. The smallest absolute Gasteiger partial charge is 0.123 e. The van der Waals surface area contributed by atoms with Gasteiger partial charge in [0.2, 0.25) is 0 Å². The van der Waals surface area contributed by atoms with Crippen molar-refractivity contribution in [2.75, 3.05) is 26.3 Å². The molecular weight excluding hydrogens is 241 g/mol. The molecule has 0 saturated carbocycles. The van der Waals surface area contributed by atoms with Crippen molar-refractivity contribution < 1.29 is 9.13 Å². The monoisotopic (exact) mass is 263 g/mol. The predicted octanol–water partition coefficient (Wildman–Crippen LogP) is 2.95. The first-order valence-electron chi connectivity index (χ1n) is 7.38. The summed E-state index contributed by atoms with van der Waals surface area (Å²) >= 11 is 0. The van der Waals surface area contributed by atoms with Gasteiger partial charge in [-0.1, -0.05) is 12.1 Å². The van der Waals surface area contributed by atoms with Gasteiger partial charge < -0.3 is 10.1 Å². The van der Waals surface area contributed by atoms with Gasteiger partial charge in [0.15, 0.2) is 0 Å². The van der Waals surface area contributed by atoms with E-state index >= 15 is 0 Å². The molecule has 3 unspecified atom stereocenters. The molecule has 3 atom stereocenters. The van der Waals surface area contributed by atoms with Gasteiger partial charge >= 0.3 is 0 Å². The second-order valence-corrected chi connectivity index (χ2v) is 5.79. The molecule has 0 aromatic heterocycles. The molecule has 1 aromatic rings. The molecule has 19 heavy (non-hydrogen) atoms. The van der Waals surface area contributed by atoms with E-state index in [1.165, 1.54) is 24.8 Å². The topological polar surface area (TPSA) is 21.3 Å². The Morgan fingerprint density at radius 1 is 1.16 bits per heavy atom. The van der Waals surface area contributed by atoms with Crippen molar-refractivity contribution in [1.82, 2.24) is 5.32 Å². The van der Waals surface area contributed by atoms with E-state index in [0.29, 0.717) is 17.8 Å². The van der Waals surface area contributed by atoms with Crippen LogP contribution in [0.5, 0.6) is 0 Å². The van der Waals surface area contributed by atoms with Crippen LogP contribution in [0.15, 0.2) is 24.3 Å². The zero-order valence-corrected chi connectivity index (χ0v) is 11.3. The van der Waals surface area contributed by atoms with Crippen molar-refractivity contribution in [3.63, 3.8) is 0 Å². The molecule has 1 aromatic carbocycles. The molecule has 2 heterocycles. The number of rotatable bonds is 2. The van der Waals surface area contributed by atoms with Gasteiger partial charge in [-0.3, -0.25) is 0 Å². The fourth-order valence-electron chi connectivity index (χ4n) is 3.62. The van der Waals surface area contributed by atoms with Crippen LogP contribution in [0, 0.1) is 17.7 Å². The van der Waals surface area contributed by atoms with Crippen LogP contribution in [-0.4, -0.2) is 26.3 Å². The van der Waals surface area contributed by atoms with Crippen LogP contribution in [0.4, 0.5) is 4.39 Å². The second-order valence-electron chi connectivity index (χ2n) is 5.79. The van der Waals surface area contributed by atoms with E-state index in [9.17, 15) is 4.39 Å². The van der Waals surface area contributed by atoms with Crippen molar-refractivity contribution in [2.45, 2.75) is 25.2 Å². The highest BCUT2D eigenvalue weighted by molar-refractivity contribution is 5.22. The number of piperidine rings is 1. The van der Waals surface area contributed by atoms with Crippen molar-refractivity contribution >= 4 is 0 Å². The summed E-state index contributed by atoms with van der Waals surface area (Å²) in [6.45, 7) is 3.93.